The van der Waals surface area contributed by atoms with Crippen LogP contribution in [-0.2, 0) is 9.53 Å². The Hall–Kier alpha value is -3.57. The summed E-state index contributed by atoms with van der Waals surface area (Å²) in [5.74, 6) is -0.737. The summed E-state index contributed by atoms with van der Waals surface area (Å²) in [6, 6.07) is 10.1. The highest BCUT2D eigenvalue weighted by atomic mass is 16.5. The number of carbonyl (C=O) groups is 2. The molecule has 0 radical (unpaired) electrons. The van der Waals surface area contributed by atoms with E-state index in [0.717, 1.165) is 17.0 Å². The second kappa shape index (κ2) is 11.7. The fraction of sp³-hybridized carbons (Fsp3) is 0.375. The second-order valence-electron chi connectivity index (χ2n) is 7.59. The third-order valence-electron chi connectivity index (χ3n) is 5.07. The van der Waals surface area contributed by atoms with E-state index in [0.29, 0.717) is 31.7 Å². The molecule has 0 saturated heterocycles. The molecule has 8 heteroatoms. The number of phenols is 1. The molecule has 0 aliphatic rings. The number of benzene rings is 1. The van der Waals surface area contributed by atoms with Crippen LogP contribution < -0.4 is 10.6 Å². The largest absolute Gasteiger partial charge is 0.508 e. The molecule has 2 rings (SSSR count). The number of aromatic nitrogens is 1. The van der Waals surface area contributed by atoms with Crippen LogP contribution >= 0.6 is 0 Å². The van der Waals surface area contributed by atoms with E-state index in [1.54, 1.807) is 25.3 Å². The number of nitrogens with one attached hydrogen (secondary N) is 2. The lowest BCUT2D eigenvalue weighted by Gasteiger charge is -2.17. The molecule has 0 fully saturated rings. The van der Waals surface area contributed by atoms with Gasteiger partial charge in [-0.2, -0.15) is 5.26 Å². The maximum absolute atomic E-state index is 12.4. The van der Waals surface area contributed by atoms with Gasteiger partial charge in [0.25, 0.3) is 11.8 Å². The number of amides is 2. The minimum absolute atomic E-state index is 0.0217. The van der Waals surface area contributed by atoms with Crippen LogP contribution in [0.4, 0.5) is 0 Å². The number of aromatic hydroxyl groups is 1. The van der Waals surface area contributed by atoms with E-state index >= 15 is 0 Å². The predicted molar refractivity (Wildman–Crippen MR) is 122 cm³/mol. The van der Waals surface area contributed by atoms with Crippen molar-refractivity contribution in [1.29, 1.82) is 5.26 Å². The van der Waals surface area contributed by atoms with Gasteiger partial charge in [-0.25, -0.2) is 0 Å². The van der Waals surface area contributed by atoms with Crippen molar-refractivity contribution in [2.45, 2.75) is 33.2 Å². The summed E-state index contributed by atoms with van der Waals surface area (Å²) in [7, 11) is 1.65. The molecule has 1 atom stereocenters. The van der Waals surface area contributed by atoms with Crippen molar-refractivity contribution in [2.75, 3.05) is 26.8 Å². The van der Waals surface area contributed by atoms with Crippen molar-refractivity contribution in [3.05, 3.63) is 58.4 Å². The summed E-state index contributed by atoms with van der Waals surface area (Å²) in [5.41, 5.74) is 3.19. The number of ether oxygens (including phenoxy) is 1. The number of hydrogen-bond acceptors (Lipinski definition) is 5. The molecule has 0 aliphatic heterocycles. The van der Waals surface area contributed by atoms with Crippen LogP contribution in [-0.4, -0.2) is 48.3 Å². The van der Waals surface area contributed by atoms with E-state index in [2.05, 4.69) is 15.2 Å². The quantitative estimate of drug-likeness (QED) is 0.300. The summed E-state index contributed by atoms with van der Waals surface area (Å²) in [6.45, 7) is 7.20. The number of methoxy groups -OCH3 is 1. The first-order valence-electron chi connectivity index (χ1n) is 10.4. The molecule has 0 aliphatic carbocycles. The van der Waals surface area contributed by atoms with Crippen LogP contribution in [0.25, 0.3) is 6.08 Å². The van der Waals surface area contributed by atoms with Crippen molar-refractivity contribution in [2.24, 2.45) is 0 Å². The number of phenolic OH excluding ortho intramolecular Hbond substituents is 1. The van der Waals surface area contributed by atoms with Crippen molar-refractivity contribution in [1.82, 2.24) is 15.2 Å². The number of nitrogens with zero attached hydrogens (tertiary/aromatic N) is 2. The summed E-state index contributed by atoms with van der Waals surface area (Å²) in [5, 5.41) is 24.3. The summed E-state index contributed by atoms with van der Waals surface area (Å²) < 4.78 is 7.36. The van der Waals surface area contributed by atoms with Crippen LogP contribution in [0.3, 0.4) is 0 Å². The van der Waals surface area contributed by atoms with Crippen molar-refractivity contribution in [3.8, 4) is 11.8 Å². The SMILES string of the molecule is COCC(C)n1c(C)cc(/C=C(/C#N)C(=O)NCCCNC(=O)c2cccc(O)c2)c1C. The Morgan fingerprint density at radius 1 is 1.25 bits per heavy atom. The van der Waals surface area contributed by atoms with Crippen molar-refractivity contribution in [3.63, 3.8) is 0 Å². The predicted octanol–water partition coefficient (Wildman–Crippen LogP) is 2.86. The summed E-state index contributed by atoms with van der Waals surface area (Å²) in [4.78, 5) is 24.5. The molecule has 1 aromatic carbocycles. The standard InChI is InChI=1S/C24H30N4O4/c1-16-11-20(18(3)28(16)17(2)15-32-4)12-21(14-25)24(31)27-10-6-9-26-23(30)19-7-5-8-22(29)13-19/h5,7-8,11-13,17,29H,6,9-10,15H2,1-4H3,(H,26,30)(H,27,31)/b21-12-. The van der Waals surface area contributed by atoms with Crippen molar-refractivity contribution < 1.29 is 19.4 Å². The zero-order valence-corrected chi connectivity index (χ0v) is 18.9. The Bertz CT molecular complexity index is 1030. The van der Waals surface area contributed by atoms with Crippen LogP contribution in [0.5, 0.6) is 5.75 Å². The first kappa shape index (κ1) is 24.7. The number of carbonyl (C=O) groups excluding carboxylic acids is 2. The average molecular weight is 439 g/mol. The number of aryl methyl sites for hydroxylation is 1. The topological polar surface area (TPSA) is 116 Å². The minimum Gasteiger partial charge on any atom is -0.508 e. The molecule has 170 valence electrons. The third kappa shape index (κ3) is 6.46. The van der Waals surface area contributed by atoms with Gasteiger partial charge < -0.3 is 25.0 Å². The van der Waals surface area contributed by atoms with E-state index in [9.17, 15) is 20.0 Å². The molecule has 0 saturated carbocycles. The molecule has 8 nitrogen and oxygen atoms in total. The van der Waals surface area contributed by atoms with Crippen LogP contribution in [0.2, 0.25) is 0 Å². The Kier molecular flexibility index (Phi) is 9.05. The van der Waals surface area contributed by atoms with E-state index in [1.807, 2.05) is 32.9 Å². The molecule has 1 heterocycles. The average Bonchev–Trinajstić information content (AvgIpc) is 3.04. The van der Waals surface area contributed by atoms with Gasteiger partial charge in [-0.1, -0.05) is 6.07 Å². The number of nitriles is 1. The highest BCUT2D eigenvalue weighted by Gasteiger charge is 2.15. The lowest BCUT2D eigenvalue weighted by atomic mass is 10.1. The fourth-order valence-electron chi connectivity index (χ4n) is 3.58. The normalized spacial score (nSPS) is 12.2. The zero-order valence-electron chi connectivity index (χ0n) is 18.9. The van der Waals surface area contributed by atoms with Gasteiger partial charge in [0.15, 0.2) is 0 Å². The molecule has 2 aromatic rings. The third-order valence-corrected chi connectivity index (χ3v) is 5.07. The first-order valence-corrected chi connectivity index (χ1v) is 10.4. The van der Waals surface area contributed by atoms with Gasteiger partial charge in [-0.05, 0) is 63.1 Å². The molecule has 32 heavy (non-hydrogen) atoms. The maximum Gasteiger partial charge on any atom is 0.261 e. The molecule has 2 amide bonds. The Labute approximate surface area is 188 Å². The van der Waals surface area contributed by atoms with Gasteiger partial charge in [0, 0.05) is 37.2 Å². The molecule has 3 N–H and O–H groups in total. The monoisotopic (exact) mass is 438 g/mol. The molecule has 0 bridgehead atoms. The Morgan fingerprint density at radius 2 is 1.97 bits per heavy atom. The van der Waals surface area contributed by atoms with E-state index in [4.69, 9.17) is 4.74 Å². The highest BCUT2D eigenvalue weighted by molar-refractivity contribution is 6.01. The second-order valence-corrected chi connectivity index (χ2v) is 7.59. The molecule has 0 spiro atoms. The maximum atomic E-state index is 12.4. The summed E-state index contributed by atoms with van der Waals surface area (Å²) in [6.07, 6.45) is 2.09. The smallest absolute Gasteiger partial charge is 0.261 e. The fourth-order valence-corrected chi connectivity index (χ4v) is 3.58. The lowest BCUT2D eigenvalue weighted by molar-refractivity contribution is -0.117. The van der Waals surface area contributed by atoms with Crippen LogP contribution in [0, 0.1) is 25.2 Å². The number of rotatable bonds is 10. The first-order chi connectivity index (χ1) is 15.3. The van der Waals surface area contributed by atoms with E-state index in [1.165, 1.54) is 12.1 Å². The van der Waals surface area contributed by atoms with Gasteiger partial charge in [0.05, 0.1) is 12.6 Å². The van der Waals surface area contributed by atoms with Crippen molar-refractivity contribution >= 4 is 17.9 Å². The highest BCUT2D eigenvalue weighted by Crippen LogP contribution is 2.22. The number of hydrogen-bond donors (Lipinski definition) is 3. The summed E-state index contributed by atoms with van der Waals surface area (Å²) >= 11 is 0. The van der Waals surface area contributed by atoms with Gasteiger partial charge in [-0.15, -0.1) is 0 Å². The molecule has 1 aromatic heterocycles. The molecule has 1 unspecified atom stereocenters. The van der Waals surface area contributed by atoms with Gasteiger partial charge in [-0.3, -0.25) is 9.59 Å². The lowest BCUT2D eigenvalue weighted by Crippen LogP contribution is -2.30. The molecular weight excluding hydrogens is 408 g/mol. The Morgan fingerprint density at radius 3 is 2.62 bits per heavy atom. The zero-order chi connectivity index (χ0) is 23.7. The minimum atomic E-state index is -0.457. The van der Waals surface area contributed by atoms with E-state index < -0.39 is 5.91 Å². The van der Waals surface area contributed by atoms with E-state index in [-0.39, 0.29) is 23.3 Å². The van der Waals surface area contributed by atoms with Gasteiger partial charge in [0.2, 0.25) is 0 Å². The van der Waals surface area contributed by atoms with Gasteiger partial charge in [0.1, 0.15) is 17.4 Å². The van der Waals surface area contributed by atoms with Crippen LogP contribution in [0.15, 0.2) is 35.9 Å². The van der Waals surface area contributed by atoms with Crippen LogP contribution in [0.1, 0.15) is 46.7 Å². The Balaban J connectivity index is 1.90. The molecular formula is C24H30N4O4. The van der Waals surface area contributed by atoms with Gasteiger partial charge >= 0.3 is 0 Å².